The molecule has 7 heteroatoms. The van der Waals surface area contributed by atoms with Gasteiger partial charge in [-0.15, -0.1) is 0 Å². The summed E-state index contributed by atoms with van der Waals surface area (Å²) in [5.74, 6) is 1.34. The van der Waals surface area contributed by atoms with Gasteiger partial charge in [-0.25, -0.2) is 5.43 Å². The Balaban J connectivity index is 1.74. The van der Waals surface area contributed by atoms with E-state index in [-0.39, 0.29) is 5.91 Å². The number of hydrazone groups is 1. The van der Waals surface area contributed by atoms with Crippen molar-refractivity contribution < 1.29 is 19.0 Å². The summed E-state index contributed by atoms with van der Waals surface area (Å²) in [6.45, 7) is 0.962. The minimum atomic E-state index is -0.383. The zero-order valence-corrected chi connectivity index (χ0v) is 12.5. The van der Waals surface area contributed by atoms with E-state index in [0.717, 1.165) is 0 Å². The summed E-state index contributed by atoms with van der Waals surface area (Å²) in [4.78, 5) is 15.8. The lowest BCUT2D eigenvalue weighted by Crippen LogP contribution is -2.19. The van der Waals surface area contributed by atoms with Crippen molar-refractivity contribution >= 4 is 12.1 Å². The predicted octanol–water partition coefficient (Wildman–Crippen LogP) is 1.63. The molecule has 1 N–H and O–H groups in total. The molecule has 0 fully saturated rings. The van der Waals surface area contributed by atoms with Crippen molar-refractivity contribution in [1.82, 2.24) is 10.4 Å². The van der Waals surface area contributed by atoms with Gasteiger partial charge < -0.3 is 14.2 Å². The van der Waals surface area contributed by atoms with E-state index in [2.05, 4.69) is 15.5 Å². The van der Waals surface area contributed by atoms with Crippen LogP contribution < -0.4 is 19.6 Å². The number of carbonyl (C=O) groups is 1. The molecule has 0 atom stereocenters. The van der Waals surface area contributed by atoms with Gasteiger partial charge in [-0.05, 0) is 24.3 Å². The van der Waals surface area contributed by atoms with Crippen molar-refractivity contribution in [2.75, 3.05) is 20.3 Å². The van der Waals surface area contributed by atoms with Crippen LogP contribution >= 0.6 is 0 Å². The molecule has 0 saturated carbocycles. The third-order valence-electron chi connectivity index (χ3n) is 3.13. The normalized spacial score (nSPS) is 12.9. The molecule has 0 saturated heterocycles. The third kappa shape index (κ3) is 3.39. The first kappa shape index (κ1) is 14.8. The lowest BCUT2D eigenvalue weighted by molar-refractivity contribution is 0.0950. The quantitative estimate of drug-likeness (QED) is 0.685. The molecule has 0 unspecified atom stereocenters. The first-order valence-electron chi connectivity index (χ1n) is 7.00. The van der Waals surface area contributed by atoms with Crippen molar-refractivity contribution in [3.8, 4) is 17.2 Å². The van der Waals surface area contributed by atoms with Crippen LogP contribution in [0, 0.1) is 0 Å². The molecule has 2 heterocycles. The smallest absolute Gasteiger partial charge is 0.289 e. The number of aromatic nitrogens is 1. The standard InChI is InChI=1S/C16H15N3O4/c1-21-13-8-11(9-14-15(13)23-7-6-22-14)10-18-19-16(20)12-4-2-3-5-17-12/h2-5,8-10H,6-7H2,1H3,(H,19,20)/b18-10-. The maximum atomic E-state index is 11.8. The van der Waals surface area contributed by atoms with E-state index in [1.165, 1.54) is 6.21 Å². The van der Waals surface area contributed by atoms with Crippen LogP contribution in [0.3, 0.4) is 0 Å². The predicted molar refractivity (Wildman–Crippen MR) is 83.3 cm³/mol. The summed E-state index contributed by atoms with van der Waals surface area (Å²) in [5, 5.41) is 3.93. The molecule has 0 aliphatic carbocycles. The Labute approximate surface area is 132 Å². The summed E-state index contributed by atoms with van der Waals surface area (Å²) in [6, 6.07) is 8.61. The lowest BCUT2D eigenvalue weighted by atomic mass is 10.2. The van der Waals surface area contributed by atoms with Crippen LogP contribution in [-0.2, 0) is 0 Å². The molecule has 1 aromatic carbocycles. The second-order valence-electron chi connectivity index (χ2n) is 4.66. The maximum absolute atomic E-state index is 11.8. The van der Waals surface area contributed by atoms with Gasteiger partial charge in [0.2, 0.25) is 5.75 Å². The Hall–Kier alpha value is -3.09. The van der Waals surface area contributed by atoms with Crippen molar-refractivity contribution in [3.05, 3.63) is 47.8 Å². The Kier molecular flexibility index (Phi) is 4.37. The van der Waals surface area contributed by atoms with Crippen LogP contribution in [0.4, 0.5) is 0 Å². The van der Waals surface area contributed by atoms with E-state index in [1.807, 2.05) is 0 Å². The zero-order chi connectivity index (χ0) is 16.1. The molecule has 0 spiro atoms. The van der Waals surface area contributed by atoms with E-state index >= 15 is 0 Å². The number of fused-ring (bicyclic) bond motifs is 1. The zero-order valence-electron chi connectivity index (χ0n) is 12.5. The highest BCUT2D eigenvalue weighted by molar-refractivity contribution is 5.93. The van der Waals surface area contributed by atoms with Crippen molar-refractivity contribution in [1.29, 1.82) is 0 Å². The third-order valence-corrected chi connectivity index (χ3v) is 3.13. The van der Waals surface area contributed by atoms with Gasteiger partial charge in [0.15, 0.2) is 11.5 Å². The molecule has 0 radical (unpaired) electrons. The van der Waals surface area contributed by atoms with Gasteiger partial charge in [0, 0.05) is 11.8 Å². The van der Waals surface area contributed by atoms with Gasteiger partial charge in [-0.2, -0.15) is 5.10 Å². The molecule has 3 rings (SSSR count). The Morgan fingerprint density at radius 1 is 1.35 bits per heavy atom. The Morgan fingerprint density at radius 3 is 3.00 bits per heavy atom. The number of rotatable bonds is 4. The molecule has 23 heavy (non-hydrogen) atoms. The van der Waals surface area contributed by atoms with Crippen LogP contribution in [-0.4, -0.2) is 37.4 Å². The van der Waals surface area contributed by atoms with Crippen LogP contribution in [0.25, 0.3) is 0 Å². The van der Waals surface area contributed by atoms with Gasteiger partial charge in [0.05, 0.1) is 13.3 Å². The topological polar surface area (TPSA) is 82.0 Å². The van der Waals surface area contributed by atoms with Crippen molar-refractivity contribution in [3.63, 3.8) is 0 Å². The second-order valence-corrected chi connectivity index (χ2v) is 4.66. The van der Waals surface area contributed by atoms with Crippen LogP contribution in [0.5, 0.6) is 17.2 Å². The molecule has 118 valence electrons. The number of ether oxygens (including phenoxy) is 3. The van der Waals surface area contributed by atoms with Gasteiger partial charge in [-0.1, -0.05) is 6.07 Å². The highest BCUT2D eigenvalue weighted by Gasteiger charge is 2.17. The SMILES string of the molecule is COc1cc(/C=N\NC(=O)c2ccccn2)cc2c1OCCO2. The van der Waals surface area contributed by atoms with E-state index < -0.39 is 0 Å². The molecule has 1 amide bonds. The molecular formula is C16H15N3O4. The first-order valence-corrected chi connectivity index (χ1v) is 7.00. The number of hydrogen-bond acceptors (Lipinski definition) is 6. The highest BCUT2D eigenvalue weighted by Crippen LogP contribution is 2.39. The minimum Gasteiger partial charge on any atom is -0.493 e. The van der Waals surface area contributed by atoms with Gasteiger partial charge >= 0.3 is 0 Å². The van der Waals surface area contributed by atoms with Crippen LogP contribution in [0.2, 0.25) is 0 Å². The monoisotopic (exact) mass is 313 g/mol. The molecular weight excluding hydrogens is 298 g/mol. The largest absolute Gasteiger partial charge is 0.493 e. The Bertz CT molecular complexity index is 714. The maximum Gasteiger partial charge on any atom is 0.289 e. The fraction of sp³-hybridized carbons (Fsp3) is 0.188. The summed E-state index contributed by atoms with van der Waals surface area (Å²) in [6.07, 6.45) is 3.05. The van der Waals surface area contributed by atoms with E-state index in [4.69, 9.17) is 14.2 Å². The minimum absolute atomic E-state index is 0.296. The molecule has 2 aromatic rings. The molecule has 1 aromatic heterocycles. The number of nitrogens with one attached hydrogen (secondary N) is 1. The molecule has 1 aliphatic rings. The number of nitrogens with zero attached hydrogens (tertiary/aromatic N) is 2. The molecule has 7 nitrogen and oxygen atoms in total. The number of benzene rings is 1. The van der Waals surface area contributed by atoms with E-state index in [9.17, 15) is 4.79 Å². The fourth-order valence-corrected chi connectivity index (χ4v) is 2.09. The van der Waals surface area contributed by atoms with Crippen LogP contribution in [0.1, 0.15) is 16.1 Å². The van der Waals surface area contributed by atoms with Crippen LogP contribution in [0.15, 0.2) is 41.6 Å². The second kappa shape index (κ2) is 6.78. The van der Waals surface area contributed by atoms with Gasteiger partial charge in [0.1, 0.15) is 18.9 Å². The number of carbonyl (C=O) groups excluding carboxylic acids is 1. The number of amides is 1. The number of methoxy groups -OCH3 is 1. The van der Waals surface area contributed by atoms with E-state index in [0.29, 0.717) is 41.7 Å². The Morgan fingerprint density at radius 2 is 2.22 bits per heavy atom. The average Bonchev–Trinajstić information content (AvgIpc) is 2.61. The lowest BCUT2D eigenvalue weighted by Gasteiger charge is -2.20. The highest BCUT2D eigenvalue weighted by atomic mass is 16.6. The van der Waals surface area contributed by atoms with E-state index in [1.54, 1.807) is 43.6 Å². The summed E-state index contributed by atoms with van der Waals surface area (Å²) >= 11 is 0. The fourth-order valence-electron chi connectivity index (χ4n) is 2.09. The van der Waals surface area contributed by atoms with Crippen molar-refractivity contribution in [2.24, 2.45) is 5.10 Å². The summed E-state index contributed by atoms with van der Waals surface area (Å²) in [7, 11) is 1.55. The van der Waals surface area contributed by atoms with Gasteiger partial charge in [0.25, 0.3) is 5.91 Å². The van der Waals surface area contributed by atoms with Gasteiger partial charge in [-0.3, -0.25) is 9.78 Å². The number of pyridine rings is 1. The summed E-state index contributed by atoms with van der Waals surface area (Å²) in [5.41, 5.74) is 3.43. The average molecular weight is 313 g/mol. The molecule has 0 bridgehead atoms. The molecule has 1 aliphatic heterocycles. The summed E-state index contributed by atoms with van der Waals surface area (Å²) < 4.78 is 16.4. The first-order chi connectivity index (χ1) is 11.3. The van der Waals surface area contributed by atoms with Crippen molar-refractivity contribution in [2.45, 2.75) is 0 Å². The number of hydrogen-bond donors (Lipinski definition) is 1.